The summed E-state index contributed by atoms with van der Waals surface area (Å²) in [6, 6.07) is 13.7. The second kappa shape index (κ2) is 8.95. The fourth-order valence-corrected chi connectivity index (χ4v) is 5.08. The first kappa shape index (κ1) is 21.1. The lowest BCUT2D eigenvalue weighted by atomic mass is 9.61. The second-order valence-electron chi connectivity index (χ2n) is 8.83. The van der Waals surface area contributed by atoms with Gasteiger partial charge in [-0.25, -0.2) is 0 Å². The molecule has 1 saturated carbocycles. The minimum absolute atomic E-state index is 0.128. The molecule has 2 aromatic rings. The van der Waals surface area contributed by atoms with E-state index >= 15 is 0 Å². The molecule has 1 N–H and O–H groups in total. The number of ketones is 2. The topological polar surface area (TPSA) is 82.8 Å². The zero-order chi connectivity index (χ0) is 22.0. The minimum Gasteiger partial charge on any atom is -0.309 e. The molecule has 5 atom stereocenters. The lowest BCUT2D eigenvalue weighted by Crippen LogP contribution is -2.43. The molecule has 5 heteroatoms. The molecule has 0 spiro atoms. The maximum absolute atomic E-state index is 12.6. The van der Waals surface area contributed by atoms with Crippen molar-refractivity contribution in [2.75, 3.05) is 13.1 Å². The number of nitrogens with zero attached hydrogens (tertiary/aromatic N) is 2. The molecule has 1 aliphatic heterocycles. The van der Waals surface area contributed by atoms with Crippen LogP contribution in [-0.2, 0) is 9.59 Å². The van der Waals surface area contributed by atoms with Crippen LogP contribution in [0.5, 0.6) is 0 Å². The summed E-state index contributed by atoms with van der Waals surface area (Å²) >= 11 is 0. The van der Waals surface area contributed by atoms with Crippen molar-refractivity contribution in [3.63, 3.8) is 0 Å². The van der Waals surface area contributed by atoms with Crippen molar-refractivity contribution < 1.29 is 9.59 Å². The van der Waals surface area contributed by atoms with Gasteiger partial charge in [0.25, 0.3) is 0 Å². The third kappa shape index (κ3) is 4.22. The Kier molecular flexibility index (Phi) is 6.11. The van der Waals surface area contributed by atoms with Crippen LogP contribution in [-0.4, -0.2) is 29.6 Å². The molecule has 31 heavy (non-hydrogen) atoms. The van der Waals surface area contributed by atoms with E-state index in [1.807, 2.05) is 36.4 Å². The van der Waals surface area contributed by atoms with Crippen molar-refractivity contribution in [2.24, 2.45) is 29.6 Å². The van der Waals surface area contributed by atoms with Gasteiger partial charge in [0.05, 0.1) is 23.9 Å². The largest absolute Gasteiger partial charge is 0.309 e. The number of nitriles is 1. The highest BCUT2D eigenvalue weighted by Gasteiger charge is 2.45. The number of nitrogens with one attached hydrogen (secondary N) is 1. The van der Waals surface area contributed by atoms with Crippen LogP contribution in [0.1, 0.15) is 31.5 Å². The first-order valence-corrected chi connectivity index (χ1v) is 10.9. The van der Waals surface area contributed by atoms with Gasteiger partial charge in [-0.3, -0.25) is 14.6 Å². The molecule has 0 radical (unpaired) electrons. The van der Waals surface area contributed by atoms with Crippen LogP contribution in [0, 0.1) is 40.9 Å². The van der Waals surface area contributed by atoms with E-state index in [1.165, 1.54) is 0 Å². The van der Waals surface area contributed by atoms with Crippen LogP contribution >= 0.6 is 0 Å². The highest BCUT2D eigenvalue weighted by molar-refractivity contribution is 6.39. The summed E-state index contributed by atoms with van der Waals surface area (Å²) in [6.45, 7) is 5.25. The number of carbonyl (C=O) groups is 2. The SMILES string of the molecule is C[C@H]1[C@H](/C=C/c2ccc(-c3ccccc3C#N)cn2)[C@H]2CNCC(=O)C(=O)[C@H]2C[C@@H]1C. The number of allylic oxidation sites excluding steroid dienone is 1. The van der Waals surface area contributed by atoms with Gasteiger partial charge in [0.2, 0.25) is 11.6 Å². The quantitative estimate of drug-likeness (QED) is 0.772. The zero-order valence-electron chi connectivity index (χ0n) is 17.9. The fraction of sp³-hybridized carbons (Fsp3) is 0.385. The molecule has 1 aromatic carbocycles. The number of fused-ring (bicyclic) bond motifs is 1. The molecule has 0 bridgehead atoms. The molecular weight excluding hydrogens is 386 g/mol. The van der Waals surface area contributed by atoms with Gasteiger partial charge in [0.15, 0.2) is 0 Å². The van der Waals surface area contributed by atoms with E-state index in [1.54, 1.807) is 12.3 Å². The van der Waals surface area contributed by atoms with Gasteiger partial charge >= 0.3 is 0 Å². The van der Waals surface area contributed by atoms with Crippen molar-refractivity contribution in [2.45, 2.75) is 20.3 Å². The first-order valence-electron chi connectivity index (χ1n) is 10.9. The van der Waals surface area contributed by atoms with Crippen LogP contribution in [0.3, 0.4) is 0 Å². The molecule has 0 amide bonds. The fourth-order valence-electron chi connectivity index (χ4n) is 5.08. The number of benzene rings is 1. The zero-order valence-corrected chi connectivity index (χ0v) is 17.9. The van der Waals surface area contributed by atoms with E-state index < -0.39 is 0 Å². The Bertz CT molecular complexity index is 1050. The summed E-state index contributed by atoms with van der Waals surface area (Å²) in [5.74, 6) is 0.449. The van der Waals surface area contributed by atoms with Crippen molar-refractivity contribution in [1.29, 1.82) is 5.26 Å². The Morgan fingerprint density at radius 3 is 2.71 bits per heavy atom. The lowest BCUT2D eigenvalue weighted by Gasteiger charge is -2.42. The van der Waals surface area contributed by atoms with Gasteiger partial charge in [-0.2, -0.15) is 5.26 Å². The number of aromatic nitrogens is 1. The first-order chi connectivity index (χ1) is 15.0. The molecule has 158 valence electrons. The Labute approximate surface area is 183 Å². The van der Waals surface area contributed by atoms with E-state index in [4.69, 9.17) is 0 Å². The molecule has 2 aliphatic rings. The summed E-state index contributed by atoms with van der Waals surface area (Å²) in [6.07, 6.45) is 6.77. The number of Topliss-reactive ketones (excluding diaryl/α,β-unsaturated/α-hetero) is 2. The maximum Gasteiger partial charge on any atom is 0.212 e. The third-order valence-corrected chi connectivity index (χ3v) is 7.05. The number of carbonyl (C=O) groups excluding carboxylic acids is 2. The Hall–Kier alpha value is -3.10. The minimum atomic E-state index is -0.285. The van der Waals surface area contributed by atoms with Gasteiger partial charge in [-0.05, 0) is 54.8 Å². The van der Waals surface area contributed by atoms with E-state index in [0.29, 0.717) is 23.9 Å². The average molecular weight is 414 g/mol. The molecule has 0 unspecified atom stereocenters. The lowest BCUT2D eigenvalue weighted by molar-refractivity contribution is -0.140. The van der Waals surface area contributed by atoms with Crippen LogP contribution < -0.4 is 5.32 Å². The predicted octanol–water partition coefficient (Wildman–Crippen LogP) is 3.90. The van der Waals surface area contributed by atoms with Crippen LogP contribution in [0.15, 0.2) is 48.7 Å². The average Bonchev–Trinajstić information content (AvgIpc) is 2.93. The van der Waals surface area contributed by atoms with Gasteiger partial charge < -0.3 is 5.32 Å². The molecule has 4 rings (SSSR count). The van der Waals surface area contributed by atoms with Gasteiger partial charge in [-0.1, -0.05) is 44.2 Å². The smallest absolute Gasteiger partial charge is 0.212 e. The van der Waals surface area contributed by atoms with E-state index in [-0.39, 0.29) is 35.9 Å². The number of rotatable bonds is 3. The van der Waals surface area contributed by atoms with Gasteiger partial charge in [-0.15, -0.1) is 0 Å². The molecule has 1 aromatic heterocycles. The van der Waals surface area contributed by atoms with Crippen molar-refractivity contribution in [3.05, 3.63) is 59.9 Å². The summed E-state index contributed by atoms with van der Waals surface area (Å²) < 4.78 is 0. The molecular formula is C26H27N3O2. The normalized spacial score (nSPS) is 28.7. The highest BCUT2D eigenvalue weighted by atomic mass is 16.2. The number of hydrogen-bond acceptors (Lipinski definition) is 5. The van der Waals surface area contributed by atoms with E-state index in [2.05, 4.69) is 36.3 Å². The van der Waals surface area contributed by atoms with Crippen molar-refractivity contribution >= 4 is 17.6 Å². The molecule has 2 heterocycles. The van der Waals surface area contributed by atoms with Crippen LogP contribution in [0.2, 0.25) is 0 Å². The number of pyridine rings is 1. The van der Waals surface area contributed by atoms with E-state index in [9.17, 15) is 14.9 Å². The van der Waals surface area contributed by atoms with Crippen molar-refractivity contribution in [3.8, 4) is 17.2 Å². The molecule has 1 saturated heterocycles. The maximum atomic E-state index is 12.6. The monoisotopic (exact) mass is 413 g/mol. The molecule has 5 nitrogen and oxygen atoms in total. The third-order valence-electron chi connectivity index (χ3n) is 7.05. The number of hydrogen-bond donors (Lipinski definition) is 1. The standard InChI is InChI=1S/C26H27N3O2/c1-16-11-23-24(14-28-15-25(30)26(23)31)21(17(16)2)10-9-20-8-7-19(13-29-20)22-6-4-3-5-18(22)12-27/h3-10,13,16-17,21,23-24,28H,11,14-15H2,1-2H3/b10-9+/t16-,17+,21-,23-,24+/m0/s1. The summed E-state index contributed by atoms with van der Waals surface area (Å²) in [7, 11) is 0. The molecule has 1 aliphatic carbocycles. The van der Waals surface area contributed by atoms with Crippen molar-refractivity contribution in [1.82, 2.24) is 10.3 Å². The van der Waals surface area contributed by atoms with Crippen LogP contribution in [0.25, 0.3) is 17.2 Å². The summed E-state index contributed by atoms with van der Waals surface area (Å²) in [4.78, 5) is 29.3. The molecule has 2 fully saturated rings. The van der Waals surface area contributed by atoms with Gasteiger partial charge in [0.1, 0.15) is 0 Å². The Morgan fingerprint density at radius 1 is 1.16 bits per heavy atom. The van der Waals surface area contributed by atoms with Crippen LogP contribution in [0.4, 0.5) is 0 Å². The summed E-state index contributed by atoms with van der Waals surface area (Å²) in [5, 5.41) is 12.5. The second-order valence-corrected chi connectivity index (χ2v) is 8.83. The predicted molar refractivity (Wildman–Crippen MR) is 120 cm³/mol. The van der Waals surface area contributed by atoms with E-state index in [0.717, 1.165) is 23.2 Å². The van der Waals surface area contributed by atoms with Gasteiger partial charge in [0, 0.05) is 23.2 Å². The highest BCUT2D eigenvalue weighted by Crippen LogP contribution is 2.44. The Balaban J connectivity index is 1.57. The Morgan fingerprint density at radius 2 is 1.97 bits per heavy atom. The summed E-state index contributed by atoms with van der Waals surface area (Å²) in [5.41, 5.74) is 3.25.